The highest BCUT2D eigenvalue weighted by Gasteiger charge is 2.31. The van der Waals surface area contributed by atoms with Crippen molar-refractivity contribution in [2.45, 2.75) is 12.2 Å². The number of carbonyl (C=O) groups is 1. The molecule has 1 N–H and O–H groups in total. The van der Waals surface area contributed by atoms with Crippen LogP contribution in [0.2, 0.25) is 0 Å². The third-order valence-corrected chi connectivity index (χ3v) is 5.11. The number of benzene rings is 1. The lowest BCUT2D eigenvalue weighted by Crippen LogP contribution is -2.40. The third-order valence-electron chi connectivity index (χ3n) is 2.96. The van der Waals surface area contributed by atoms with Gasteiger partial charge in [-0.25, -0.2) is 12.7 Å². The molecule has 0 heterocycles. The molecule has 0 saturated heterocycles. The third kappa shape index (κ3) is 4.61. The second-order valence-electron chi connectivity index (χ2n) is 4.37. The van der Waals surface area contributed by atoms with Crippen LogP contribution in [0.3, 0.4) is 0 Å². The number of ether oxygens (including phenoxy) is 2. The van der Waals surface area contributed by atoms with Gasteiger partial charge in [0.05, 0.1) is 7.11 Å². The summed E-state index contributed by atoms with van der Waals surface area (Å²) in [6.45, 7) is 1.32. The van der Waals surface area contributed by atoms with Gasteiger partial charge in [0.2, 0.25) is 10.0 Å². The smallest absolute Gasteiger partial charge is 0.323 e. The van der Waals surface area contributed by atoms with Crippen LogP contribution in [-0.2, 0) is 14.8 Å². The van der Waals surface area contributed by atoms with Crippen molar-refractivity contribution in [3.63, 3.8) is 0 Å². The summed E-state index contributed by atoms with van der Waals surface area (Å²) in [6.07, 6.45) is 0. The van der Waals surface area contributed by atoms with Gasteiger partial charge in [0.15, 0.2) is 5.25 Å². The van der Waals surface area contributed by atoms with Crippen molar-refractivity contribution in [2.24, 2.45) is 0 Å². The van der Waals surface area contributed by atoms with Gasteiger partial charge in [-0.3, -0.25) is 4.79 Å². The lowest BCUT2D eigenvalue weighted by molar-refractivity contribution is -0.136. The summed E-state index contributed by atoms with van der Waals surface area (Å²) in [4.78, 5) is 10.8. The first-order valence-corrected chi connectivity index (χ1v) is 7.74. The summed E-state index contributed by atoms with van der Waals surface area (Å²) in [5, 5.41) is 7.29. The van der Waals surface area contributed by atoms with Crippen molar-refractivity contribution >= 4 is 16.0 Å². The Morgan fingerprint density at radius 3 is 2.29 bits per heavy atom. The summed E-state index contributed by atoms with van der Waals surface area (Å²) in [6, 6.07) is 6.85. The highest BCUT2D eigenvalue weighted by molar-refractivity contribution is 7.90. The molecule has 0 radical (unpaired) electrons. The first-order valence-electron chi connectivity index (χ1n) is 6.24. The van der Waals surface area contributed by atoms with Crippen LogP contribution in [0, 0.1) is 0 Å². The first-order chi connectivity index (χ1) is 9.78. The van der Waals surface area contributed by atoms with E-state index < -0.39 is 21.2 Å². The molecule has 0 bridgehead atoms. The molecule has 8 heteroatoms. The number of hydrogen-bond donors (Lipinski definition) is 1. The van der Waals surface area contributed by atoms with Crippen LogP contribution >= 0.6 is 0 Å². The molecule has 1 aromatic rings. The van der Waals surface area contributed by atoms with E-state index in [-0.39, 0.29) is 13.2 Å². The zero-order valence-electron chi connectivity index (χ0n) is 12.1. The number of carboxylic acid groups (broad SMARTS) is 1. The molecule has 118 valence electrons. The summed E-state index contributed by atoms with van der Waals surface area (Å²) in [7, 11) is -0.989. The monoisotopic (exact) mass is 317 g/mol. The lowest BCUT2D eigenvalue weighted by Gasteiger charge is -2.19. The molecule has 1 aromatic carbocycles. The van der Waals surface area contributed by atoms with Crippen molar-refractivity contribution < 1.29 is 27.8 Å². The first kappa shape index (κ1) is 17.3. The van der Waals surface area contributed by atoms with Crippen LogP contribution in [0.25, 0.3) is 0 Å². The number of hydrogen-bond acceptors (Lipinski definition) is 5. The van der Waals surface area contributed by atoms with E-state index in [9.17, 15) is 13.2 Å². The van der Waals surface area contributed by atoms with Gasteiger partial charge >= 0.3 is 5.97 Å². The Hall–Kier alpha value is -1.80. The fourth-order valence-corrected chi connectivity index (χ4v) is 2.61. The Morgan fingerprint density at radius 2 is 1.81 bits per heavy atom. The molecule has 0 aliphatic heterocycles. The molecule has 0 aliphatic carbocycles. The van der Waals surface area contributed by atoms with Crippen LogP contribution in [0.5, 0.6) is 11.5 Å². The summed E-state index contributed by atoms with van der Waals surface area (Å²) < 4.78 is 35.1. The highest BCUT2D eigenvalue weighted by atomic mass is 32.2. The molecule has 1 atom stereocenters. The van der Waals surface area contributed by atoms with E-state index in [0.717, 1.165) is 11.2 Å². The normalized spacial score (nSPS) is 13.0. The molecule has 0 amide bonds. The van der Waals surface area contributed by atoms with E-state index in [1.165, 1.54) is 7.05 Å². The van der Waals surface area contributed by atoms with Crippen molar-refractivity contribution in [3.8, 4) is 11.5 Å². The minimum atomic E-state index is -3.87. The lowest BCUT2D eigenvalue weighted by atomic mass is 10.3. The predicted octanol–water partition coefficient (Wildman–Crippen LogP) is 0.809. The zero-order chi connectivity index (χ0) is 16.0. The fourth-order valence-electron chi connectivity index (χ4n) is 1.49. The number of sulfonamides is 1. The average molecular weight is 317 g/mol. The fraction of sp³-hybridized carbons (Fsp3) is 0.462. The topological polar surface area (TPSA) is 93.1 Å². The van der Waals surface area contributed by atoms with Crippen LogP contribution in [0.4, 0.5) is 0 Å². The van der Waals surface area contributed by atoms with Gasteiger partial charge in [0.1, 0.15) is 18.1 Å². The van der Waals surface area contributed by atoms with Crippen molar-refractivity contribution in [2.75, 3.05) is 27.3 Å². The van der Waals surface area contributed by atoms with Crippen LogP contribution in [0.15, 0.2) is 24.3 Å². The van der Waals surface area contributed by atoms with Gasteiger partial charge in [-0.1, -0.05) is 0 Å². The second kappa shape index (κ2) is 7.28. The molecular weight excluding hydrogens is 298 g/mol. The number of rotatable bonds is 8. The Balaban J connectivity index is 2.53. The molecule has 1 unspecified atom stereocenters. The van der Waals surface area contributed by atoms with Gasteiger partial charge < -0.3 is 14.6 Å². The van der Waals surface area contributed by atoms with Crippen LogP contribution < -0.4 is 9.47 Å². The largest absolute Gasteiger partial charge is 0.497 e. The number of aliphatic carboxylic acids is 1. The van der Waals surface area contributed by atoms with E-state index in [0.29, 0.717) is 11.5 Å². The molecule has 0 fully saturated rings. The van der Waals surface area contributed by atoms with Crippen molar-refractivity contribution in [3.05, 3.63) is 24.3 Å². The average Bonchev–Trinajstić information content (AvgIpc) is 2.46. The highest BCUT2D eigenvalue weighted by Crippen LogP contribution is 2.17. The van der Waals surface area contributed by atoms with E-state index in [1.54, 1.807) is 31.4 Å². The quantitative estimate of drug-likeness (QED) is 0.762. The summed E-state index contributed by atoms with van der Waals surface area (Å²) in [5.41, 5.74) is 0. The van der Waals surface area contributed by atoms with Crippen LogP contribution in [-0.4, -0.2) is 56.4 Å². The predicted molar refractivity (Wildman–Crippen MR) is 77.1 cm³/mol. The van der Waals surface area contributed by atoms with Crippen molar-refractivity contribution in [1.29, 1.82) is 0 Å². The second-order valence-corrected chi connectivity index (χ2v) is 6.73. The van der Waals surface area contributed by atoms with E-state index in [1.807, 2.05) is 0 Å². The van der Waals surface area contributed by atoms with Gasteiger partial charge in [0, 0.05) is 13.6 Å². The molecular formula is C13H19NO6S. The summed E-state index contributed by atoms with van der Waals surface area (Å²) in [5.74, 6) is -0.108. The van der Waals surface area contributed by atoms with E-state index in [4.69, 9.17) is 14.6 Å². The maximum Gasteiger partial charge on any atom is 0.323 e. The number of likely N-dealkylation sites (N-methyl/N-ethyl adjacent to an activating group) is 1. The molecule has 7 nitrogen and oxygen atoms in total. The molecule has 1 rings (SSSR count). The van der Waals surface area contributed by atoms with Gasteiger partial charge in [-0.2, -0.15) is 0 Å². The Labute approximate surface area is 124 Å². The van der Waals surface area contributed by atoms with Crippen LogP contribution in [0.1, 0.15) is 6.92 Å². The van der Waals surface area contributed by atoms with Gasteiger partial charge in [-0.15, -0.1) is 0 Å². The van der Waals surface area contributed by atoms with E-state index in [2.05, 4.69) is 0 Å². The van der Waals surface area contributed by atoms with Gasteiger partial charge in [-0.05, 0) is 31.2 Å². The van der Waals surface area contributed by atoms with E-state index >= 15 is 0 Å². The SMILES string of the molecule is COc1ccc(OCCN(C)S(=O)(=O)C(C)C(=O)O)cc1. The van der Waals surface area contributed by atoms with Gasteiger partial charge in [0.25, 0.3) is 0 Å². The molecule has 0 spiro atoms. The number of methoxy groups -OCH3 is 1. The molecule has 0 aromatic heterocycles. The molecule has 0 saturated carbocycles. The standard InChI is InChI=1S/C13H19NO6S/c1-10(13(15)16)21(17,18)14(2)8-9-20-12-6-4-11(19-3)5-7-12/h4-7,10H,8-9H2,1-3H3,(H,15,16). The molecule has 21 heavy (non-hydrogen) atoms. The number of nitrogens with zero attached hydrogens (tertiary/aromatic N) is 1. The Bertz CT molecular complexity index is 569. The number of carboxylic acids is 1. The maximum atomic E-state index is 11.9. The molecule has 0 aliphatic rings. The zero-order valence-corrected chi connectivity index (χ0v) is 13.0. The minimum Gasteiger partial charge on any atom is -0.497 e. The maximum absolute atomic E-state index is 11.9. The Kier molecular flexibility index (Phi) is 5.98. The minimum absolute atomic E-state index is 0.0615. The van der Waals surface area contributed by atoms with Crippen molar-refractivity contribution in [1.82, 2.24) is 4.31 Å². The summed E-state index contributed by atoms with van der Waals surface area (Å²) >= 11 is 0. The Morgan fingerprint density at radius 1 is 1.29 bits per heavy atom.